The molecular weight excluding hydrogens is 220 g/mol. The van der Waals surface area contributed by atoms with Crippen molar-refractivity contribution in [2.75, 3.05) is 7.11 Å². The van der Waals surface area contributed by atoms with Crippen LogP contribution in [0.4, 0.5) is 0 Å². The summed E-state index contributed by atoms with van der Waals surface area (Å²) in [6.07, 6.45) is 4.73. The average Bonchev–Trinajstić information content (AvgIpc) is 2.32. The zero-order chi connectivity index (χ0) is 13.3. The van der Waals surface area contributed by atoms with Gasteiger partial charge in [0, 0.05) is 0 Å². The lowest BCUT2D eigenvalue weighted by atomic mass is 9.84. The summed E-state index contributed by atoms with van der Waals surface area (Å²) in [5.74, 6) is -2.37. The number of carboxylic acids is 1. The Bertz CT molecular complexity index is 238. The summed E-state index contributed by atoms with van der Waals surface area (Å²) in [7, 11) is 1.32. The van der Waals surface area contributed by atoms with Gasteiger partial charge in [0.25, 0.3) is 0 Å². The fourth-order valence-corrected chi connectivity index (χ4v) is 1.98. The van der Waals surface area contributed by atoms with Crippen LogP contribution >= 0.6 is 0 Å². The van der Waals surface area contributed by atoms with E-state index in [0.29, 0.717) is 12.8 Å². The number of ether oxygens (including phenoxy) is 1. The summed E-state index contributed by atoms with van der Waals surface area (Å²) in [5, 5.41) is 9.21. The summed E-state index contributed by atoms with van der Waals surface area (Å²) in [4.78, 5) is 22.9. The molecule has 0 heterocycles. The molecular formula is C13H24O4. The maximum absolute atomic E-state index is 11.6. The Morgan fingerprint density at radius 2 is 1.53 bits per heavy atom. The first-order valence-corrected chi connectivity index (χ1v) is 6.39. The van der Waals surface area contributed by atoms with Crippen LogP contribution in [-0.4, -0.2) is 24.2 Å². The van der Waals surface area contributed by atoms with E-state index in [1.54, 1.807) is 0 Å². The van der Waals surface area contributed by atoms with Crippen molar-refractivity contribution in [2.45, 2.75) is 52.4 Å². The van der Waals surface area contributed by atoms with Crippen LogP contribution in [-0.2, 0) is 14.3 Å². The Morgan fingerprint density at radius 3 is 1.88 bits per heavy atom. The molecule has 0 spiro atoms. The highest BCUT2D eigenvalue weighted by atomic mass is 16.5. The molecule has 100 valence electrons. The van der Waals surface area contributed by atoms with Crippen molar-refractivity contribution in [3.63, 3.8) is 0 Å². The first kappa shape index (κ1) is 15.9. The standard InChI is InChI=1S/C13H24O4/c1-4-6-8-10(12(14)15)11(9-7-5-2)13(16)17-3/h10-11H,4-9H2,1-3H3,(H,14,15)/t10-,11+/m0/s1. The van der Waals surface area contributed by atoms with Gasteiger partial charge in [-0.1, -0.05) is 39.5 Å². The Labute approximate surface area is 103 Å². The quantitative estimate of drug-likeness (QED) is 0.633. The van der Waals surface area contributed by atoms with Crippen LogP contribution in [0.15, 0.2) is 0 Å². The number of carboxylic acid groups (broad SMARTS) is 1. The van der Waals surface area contributed by atoms with Gasteiger partial charge in [0.1, 0.15) is 0 Å². The third-order valence-corrected chi connectivity index (χ3v) is 3.04. The Balaban J connectivity index is 4.66. The van der Waals surface area contributed by atoms with Gasteiger partial charge in [-0.15, -0.1) is 0 Å². The zero-order valence-electron chi connectivity index (χ0n) is 11.1. The minimum absolute atomic E-state index is 0.387. The van der Waals surface area contributed by atoms with Gasteiger partial charge >= 0.3 is 11.9 Å². The molecule has 0 saturated carbocycles. The van der Waals surface area contributed by atoms with E-state index in [4.69, 9.17) is 4.74 Å². The topological polar surface area (TPSA) is 63.6 Å². The number of carbonyl (C=O) groups is 2. The van der Waals surface area contributed by atoms with Gasteiger partial charge in [-0.25, -0.2) is 0 Å². The van der Waals surface area contributed by atoms with E-state index in [2.05, 4.69) is 0 Å². The van der Waals surface area contributed by atoms with Gasteiger partial charge in [0.15, 0.2) is 0 Å². The number of aliphatic carboxylic acids is 1. The van der Waals surface area contributed by atoms with Gasteiger partial charge < -0.3 is 9.84 Å². The Morgan fingerprint density at radius 1 is 1.06 bits per heavy atom. The third kappa shape index (κ3) is 5.71. The van der Waals surface area contributed by atoms with Crippen molar-refractivity contribution in [1.29, 1.82) is 0 Å². The second-order valence-corrected chi connectivity index (χ2v) is 4.36. The van der Waals surface area contributed by atoms with E-state index < -0.39 is 17.8 Å². The first-order valence-electron chi connectivity index (χ1n) is 6.39. The molecule has 17 heavy (non-hydrogen) atoms. The zero-order valence-corrected chi connectivity index (χ0v) is 11.1. The van der Waals surface area contributed by atoms with Gasteiger partial charge in [-0.05, 0) is 12.8 Å². The molecule has 0 rings (SSSR count). The average molecular weight is 244 g/mol. The molecule has 0 radical (unpaired) electrons. The van der Waals surface area contributed by atoms with Crippen LogP contribution in [0.5, 0.6) is 0 Å². The lowest BCUT2D eigenvalue weighted by Crippen LogP contribution is -2.31. The molecule has 4 nitrogen and oxygen atoms in total. The normalized spacial score (nSPS) is 14.1. The molecule has 0 unspecified atom stereocenters. The maximum atomic E-state index is 11.6. The van der Waals surface area contributed by atoms with Crippen LogP contribution < -0.4 is 0 Å². The van der Waals surface area contributed by atoms with Crippen LogP contribution in [0, 0.1) is 11.8 Å². The van der Waals surface area contributed by atoms with Crippen molar-refractivity contribution >= 4 is 11.9 Å². The monoisotopic (exact) mass is 244 g/mol. The smallest absolute Gasteiger partial charge is 0.309 e. The Kier molecular flexibility index (Phi) is 8.46. The molecule has 0 amide bonds. The summed E-state index contributed by atoms with van der Waals surface area (Å²) in [6, 6.07) is 0. The molecule has 1 N–H and O–H groups in total. The van der Waals surface area contributed by atoms with Crippen molar-refractivity contribution in [3.05, 3.63) is 0 Å². The SMILES string of the molecule is CCCC[C@H](C(=O)O)[C@@H](CCCC)C(=O)OC. The largest absolute Gasteiger partial charge is 0.481 e. The molecule has 4 heteroatoms. The van der Waals surface area contributed by atoms with Crippen molar-refractivity contribution in [1.82, 2.24) is 0 Å². The number of methoxy groups -OCH3 is 1. The lowest BCUT2D eigenvalue weighted by Gasteiger charge is -2.21. The highest BCUT2D eigenvalue weighted by Gasteiger charge is 2.33. The second-order valence-electron chi connectivity index (χ2n) is 4.36. The third-order valence-electron chi connectivity index (χ3n) is 3.04. The molecule has 0 saturated heterocycles. The van der Waals surface area contributed by atoms with Crippen LogP contribution in [0.2, 0.25) is 0 Å². The maximum Gasteiger partial charge on any atom is 0.309 e. The minimum Gasteiger partial charge on any atom is -0.481 e. The number of rotatable bonds is 9. The number of hydrogen-bond acceptors (Lipinski definition) is 3. The summed E-state index contributed by atoms with van der Waals surface area (Å²) < 4.78 is 4.72. The van der Waals surface area contributed by atoms with Crippen LogP contribution in [0.25, 0.3) is 0 Å². The predicted molar refractivity (Wildman–Crippen MR) is 65.7 cm³/mol. The first-order chi connectivity index (χ1) is 8.08. The predicted octanol–water partition coefficient (Wildman–Crippen LogP) is 2.86. The fourth-order valence-electron chi connectivity index (χ4n) is 1.98. The highest BCUT2D eigenvalue weighted by molar-refractivity contribution is 5.81. The molecule has 0 aromatic carbocycles. The highest BCUT2D eigenvalue weighted by Crippen LogP contribution is 2.25. The molecule has 0 aromatic heterocycles. The number of carbonyl (C=O) groups excluding carboxylic acids is 1. The molecule has 2 atom stereocenters. The second kappa shape index (κ2) is 9.02. The van der Waals surface area contributed by atoms with E-state index in [1.807, 2.05) is 13.8 Å². The number of hydrogen-bond donors (Lipinski definition) is 1. The lowest BCUT2D eigenvalue weighted by molar-refractivity contribution is -0.156. The Hall–Kier alpha value is -1.06. The van der Waals surface area contributed by atoms with Gasteiger partial charge in [0.2, 0.25) is 0 Å². The van der Waals surface area contributed by atoms with Crippen LogP contribution in [0.1, 0.15) is 52.4 Å². The molecule has 0 bridgehead atoms. The molecule has 0 fully saturated rings. The van der Waals surface area contributed by atoms with Gasteiger partial charge in [-0.2, -0.15) is 0 Å². The minimum atomic E-state index is -0.884. The van der Waals surface area contributed by atoms with Crippen molar-refractivity contribution in [3.8, 4) is 0 Å². The molecule has 0 aromatic rings. The van der Waals surface area contributed by atoms with Crippen molar-refractivity contribution in [2.24, 2.45) is 11.8 Å². The summed E-state index contributed by atoms with van der Waals surface area (Å²) >= 11 is 0. The summed E-state index contributed by atoms with van der Waals surface area (Å²) in [6.45, 7) is 4.04. The van der Waals surface area contributed by atoms with Crippen LogP contribution in [0.3, 0.4) is 0 Å². The number of esters is 1. The number of unbranched alkanes of at least 4 members (excludes halogenated alkanes) is 2. The van der Waals surface area contributed by atoms with Crippen molar-refractivity contribution < 1.29 is 19.4 Å². The molecule has 0 aliphatic heterocycles. The van der Waals surface area contributed by atoms with E-state index in [1.165, 1.54) is 7.11 Å². The van der Waals surface area contributed by atoms with E-state index in [0.717, 1.165) is 25.7 Å². The van der Waals surface area contributed by atoms with E-state index in [-0.39, 0.29) is 5.97 Å². The van der Waals surface area contributed by atoms with Gasteiger partial charge in [-0.3, -0.25) is 9.59 Å². The van der Waals surface area contributed by atoms with E-state index >= 15 is 0 Å². The molecule has 0 aliphatic rings. The summed E-state index contributed by atoms with van der Waals surface area (Å²) in [5.41, 5.74) is 0. The van der Waals surface area contributed by atoms with E-state index in [9.17, 15) is 14.7 Å². The van der Waals surface area contributed by atoms with Gasteiger partial charge in [0.05, 0.1) is 18.9 Å². The molecule has 0 aliphatic carbocycles. The fraction of sp³-hybridized carbons (Fsp3) is 0.846.